The Kier molecular flexibility index (Phi) is 3.47. The van der Waals surface area contributed by atoms with Crippen LogP contribution in [0.1, 0.15) is 0 Å². The average Bonchev–Trinajstić information content (AvgIpc) is 1.85. The second-order valence-corrected chi connectivity index (χ2v) is 1.16. The number of carboxylic acid groups (broad SMARTS) is 1. The van der Waals surface area contributed by atoms with E-state index in [1.54, 1.807) is 5.34 Å². The van der Waals surface area contributed by atoms with Gasteiger partial charge in [0, 0.05) is 12.2 Å². The van der Waals surface area contributed by atoms with Crippen LogP contribution in [0.5, 0.6) is 0 Å². The third kappa shape index (κ3) is 4.44. The lowest BCUT2D eigenvalue weighted by Gasteiger charge is -1.81. The first-order valence-electron chi connectivity index (χ1n) is 2.11. The Morgan fingerprint density at radius 2 is 2.00 bits per heavy atom. The van der Waals surface area contributed by atoms with Crippen LogP contribution in [0.4, 0.5) is 0 Å². The molecule has 0 aliphatic carbocycles. The van der Waals surface area contributed by atoms with E-state index in [9.17, 15) is 14.5 Å². The molecule has 6 heteroatoms. The van der Waals surface area contributed by atoms with Gasteiger partial charge in [-0.25, -0.2) is 9.59 Å². The topological polar surface area (TPSA) is 93.0 Å². The first kappa shape index (κ1) is 8.28. The van der Waals surface area contributed by atoms with E-state index in [0.717, 1.165) is 0 Å². The van der Waals surface area contributed by atoms with Gasteiger partial charge in [0.05, 0.1) is 0 Å². The maximum atomic E-state index is 10.1. The van der Waals surface area contributed by atoms with Crippen LogP contribution in [0.15, 0.2) is 17.5 Å². The lowest BCUT2D eigenvalue weighted by molar-refractivity contribution is -0.139. The number of carbonyl (C=O) groups excluding carboxylic acids is 1. The Hall–Kier alpha value is -1.72. The molecule has 0 aromatic rings. The van der Waals surface area contributed by atoms with Crippen LogP contribution in [-0.2, 0) is 14.4 Å². The summed E-state index contributed by atoms with van der Waals surface area (Å²) in [5, 5.41) is 9.70. The van der Waals surface area contributed by atoms with E-state index in [0.29, 0.717) is 12.2 Å². The third-order valence-corrected chi connectivity index (χ3v) is 0.489. The predicted octanol–water partition coefficient (Wildman–Crippen LogP) is -0.148. The smallest absolute Gasteiger partial charge is 0.362 e. The van der Waals surface area contributed by atoms with Crippen LogP contribution in [0.25, 0.3) is 0 Å². The fraction of sp³-hybridized carbons (Fsp3) is 0. The molecule has 0 saturated heterocycles. The number of carboxylic acids is 1. The molecule has 0 heterocycles. The van der Waals surface area contributed by atoms with E-state index in [1.807, 2.05) is 0 Å². The van der Waals surface area contributed by atoms with E-state index in [1.165, 1.54) is 0 Å². The normalized spacial score (nSPS) is 9.20. The van der Waals surface area contributed by atoms with Crippen molar-refractivity contribution in [2.75, 3.05) is 0 Å². The van der Waals surface area contributed by atoms with Crippen molar-refractivity contribution in [3.8, 4) is 0 Å². The molecule has 6 nitrogen and oxygen atoms in total. The van der Waals surface area contributed by atoms with Crippen molar-refractivity contribution in [3.63, 3.8) is 0 Å². The van der Waals surface area contributed by atoms with E-state index in [2.05, 4.69) is 4.84 Å². The SMILES string of the molecule is O=NOC(=O)/C=C/C(=O)O. The van der Waals surface area contributed by atoms with Gasteiger partial charge in [0.25, 0.3) is 0 Å². The van der Waals surface area contributed by atoms with Gasteiger partial charge in [-0.15, -0.1) is 4.91 Å². The van der Waals surface area contributed by atoms with Gasteiger partial charge in [-0.05, 0) is 0 Å². The quantitative estimate of drug-likeness (QED) is 0.338. The molecule has 0 aromatic carbocycles. The van der Waals surface area contributed by atoms with Crippen molar-refractivity contribution < 1.29 is 19.5 Å². The van der Waals surface area contributed by atoms with Crippen molar-refractivity contribution in [1.82, 2.24) is 0 Å². The zero-order chi connectivity index (χ0) is 7.98. The van der Waals surface area contributed by atoms with Gasteiger partial charge < -0.3 is 5.11 Å². The van der Waals surface area contributed by atoms with Crippen molar-refractivity contribution in [2.24, 2.45) is 5.34 Å². The third-order valence-electron chi connectivity index (χ3n) is 0.489. The molecule has 0 aliphatic rings. The molecule has 0 atom stereocenters. The van der Waals surface area contributed by atoms with Crippen LogP contribution in [0, 0.1) is 4.91 Å². The van der Waals surface area contributed by atoms with Crippen LogP contribution in [0.2, 0.25) is 0 Å². The summed E-state index contributed by atoms with van der Waals surface area (Å²) >= 11 is 0. The number of carbonyl (C=O) groups is 2. The highest BCUT2D eigenvalue weighted by atomic mass is 16.7. The molecular formula is C4H3NO5. The summed E-state index contributed by atoms with van der Waals surface area (Å²) in [6.07, 6.45) is 1.11. The van der Waals surface area contributed by atoms with Gasteiger partial charge in [0.2, 0.25) is 0 Å². The van der Waals surface area contributed by atoms with E-state index >= 15 is 0 Å². The minimum absolute atomic E-state index is 0.535. The summed E-state index contributed by atoms with van der Waals surface area (Å²) in [5.41, 5.74) is 0. The fourth-order valence-corrected chi connectivity index (χ4v) is 0.206. The first-order valence-corrected chi connectivity index (χ1v) is 2.11. The van der Waals surface area contributed by atoms with Crippen LogP contribution >= 0.6 is 0 Å². The number of hydrogen-bond acceptors (Lipinski definition) is 5. The summed E-state index contributed by atoms with van der Waals surface area (Å²) in [7, 11) is 0. The number of nitrogens with zero attached hydrogens (tertiary/aromatic N) is 1. The summed E-state index contributed by atoms with van der Waals surface area (Å²) in [5.74, 6) is -2.42. The molecular weight excluding hydrogens is 142 g/mol. The Morgan fingerprint density at radius 1 is 1.40 bits per heavy atom. The Labute approximate surface area is 55.0 Å². The molecule has 0 saturated carbocycles. The van der Waals surface area contributed by atoms with Crippen LogP contribution in [0.3, 0.4) is 0 Å². The van der Waals surface area contributed by atoms with Crippen molar-refractivity contribution in [3.05, 3.63) is 17.1 Å². The number of rotatable bonds is 3. The Balaban J connectivity index is 3.77. The summed E-state index contributed by atoms with van der Waals surface area (Å²) in [6, 6.07) is 0. The van der Waals surface area contributed by atoms with Gasteiger partial charge in [0.15, 0.2) is 5.34 Å². The molecule has 0 spiro atoms. The summed E-state index contributed by atoms with van der Waals surface area (Å²) in [6.45, 7) is 0. The molecule has 0 rings (SSSR count). The molecule has 10 heavy (non-hydrogen) atoms. The summed E-state index contributed by atoms with van der Waals surface area (Å²) in [4.78, 5) is 32.4. The molecule has 0 radical (unpaired) electrons. The summed E-state index contributed by atoms with van der Waals surface area (Å²) < 4.78 is 0. The average molecular weight is 145 g/mol. The van der Waals surface area contributed by atoms with Gasteiger partial charge in [-0.3, -0.25) is 4.84 Å². The lowest BCUT2D eigenvalue weighted by atomic mass is 10.5. The largest absolute Gasteiger partial charge is 0.478 e. The highest BCUT2D eigenvalue weighted by molar-refractivity contribution is 5.90. The van der Waals surface area contributed by atoms with Gasteiger partial charge in [-0.2, -0.15) is 0 Å². The maximum Gasteiger partial charge on any atom is 0.362 e. The minimum Gasteiger partial charge on any atom is -0.478 e. The molecule has 0 unspecified atom stereocenters. The first-order chi connectivity index (χ1) is 4.66. The van der Waals surface area contributed by atoms with Crippen LogP contribution in [-0.4, -0.2) is 17.0 Å². The zero-order valence-corrected chi connectivity index (χ0v) is 4.68. The highest BCUT2D eigenvalue weighted by Crippen LogP contribution is 1.80. The van der Waals surface area contributed by atoms with Gasteiger partial charge in [0.1, 0.15) is 0 Å². The van der Waals surface area contributed by atoms with Crippen molar-refractivity contribution in [2.45, 2.75) is 0 Å². The standard InChI is InChI=1S/C4H3NO5/c6-3(7)1-2-4(8)10-5-9/h1-2H,(H,6,7)/b2-1+. The van der Waals surface area contributed by atoms with E-state index in [4.69, 9.17) is 5.11 Å². The lowest BCUT2D eigenvalue weighted by Crippen LogP contribution is -1.95. The van der Waals surface area contributed by atoms with Crippen molar-refractivity contribution >= 4 is 11.9 Å². The minimum atomic E-state index is -1.30. The Bertz CT molecular complexity index is 184. The van der Waals surface area contributed by atoms with Crippen LogP contribution < -0.4 is 0 Å². The molecule has 0 fully saturated rings. The zero-order valence-electron chi connectivity index (χ0n) is 4.68. The van der Waals surface area contributed by atoms with E-state index in [-0.39, 0.29) is 0 Å². The molecule has 0 bridgehead atoms. The molecule has 1 N–H and O–H groups in total. The van der Waals surface area contributed by atoms with Gasteiger partial charge >= 0.3 is 11.9 Å². The second kappa shape index (κ2) is 4.19. The number of aliphatic carboxylic acids is 1. The number of hydrogen-bond donors (Lipinski definition) is 1. The van der Waals surface area contributed by atoms with Crippen molar-refractivity contribution in [1.29, 1.82) is 0 Å². The molecule has 0 aromatic heterocycles. The van der Waals surface area contributed by atoms with Gasteiger partial charge in [-0.1, -0.05) is 0 Å². The molecule has 0 amide bonds. The predicted molar refractivity (Wildman–Crippen MR) is 28.7 cm³/mol. The maximum absolute atomic E-state index is 10.1. The molecule has 54 valence electrons. The monoisotopic (exact) mass is 145 g/mol. The highest BCUT2D eigenvalue weighted by Gasteiger charge is 1.96. The Morgan fingerprint density at radius 3 is 2.40 bits per heavy atom. The van der Waals surface area contributed by atoms with E-state index < -0.39 is 11.9 Å². The molecule has 0 aliphatic heterocycles. The fourth-order valence-electron chi connectivity index (χ4n) is 0.206. The second-order valence-electron chi connectivity index (χ2n) is 1.16.